The molecular weight excluding hydrogens is 358 g/mol. The van der Waals surface area contributed by atoms with Crippen molar-refractivity contribution in [3.05, 3.63) is 52.4 Å². The van der Waals surface area contributed by atoms with Gasteiger partial charge in [0.25, 0.3) is 0 Å². The molecule has 1 aliphatic carbocycles. The first-order chi connectivity index (χ1) is 13.1. The third-order valence-corrected chi connectivity index (χ3v) is 5.12. The zero-order chi connectivity index (χ0) is 20.6. The van der Waals surface area contributed by atoms with Crippen molar-refractivity contribution in [3.8, 4) is 5.75 Å². The van der Waals surface area contributed by atoms with Crippen LogP contribution in [-0.2, 0) is 19.1 Å². The highest BCUT2D eigenvalue weighted by Crippen LogP contribution is 2.46. The molecule has 3 rings (SSSR count). The highest BCUT2D eigenvalue weighted by molar-refractivity contribution is 6.04. The largest absolute Gasteiger partial charge is 0.466 e. The van der Waals surface area contributed by atoms with Gasteiger partial charge in [0.2, 0.25) is 0 Å². The number of methoxy groups -OCH3 is 1. The summed E-state index contributed by atoms with van der Waals surface area (Å²) >= 11 is 0. The van der Waals surface area contributed by atoms with Crippen molar-refractivity contribution in [1.82, 2.24) is 5.32 Å². The Hall–Kier alpha value is -2.89. The smallest absolute Gasteiger partial charge is 0.336 e. The van der Waals surface area contributed by atoms with Crippen molar-refractivity contribution in [2.45, 2.75) is 46.5 Å². The zero-order valence-corrected chi connectivity index (χ0v) is 16.8. The topological polar surface area (TPSA) is 81.7 Å². The molecule has 1 N–H and O–H groups in total. The van der Waals surface area contributed by atoms with Gasteiger partial charge < -0.3 is 14.8 Å². The summed E-state index contributed by atoms with van der Waals surface area (Å²) in [5.41, 5.74) is 3.22. The number of Topliss-reactive ketones (excluding diaryl/α,β-unsaturated/α-hetero) is 1. The summed E-state index contributed by atoms with van der Waals surface area (Å²) in [6.45, 7) is 7.28. The van der Waals surface area contributed by atoms with E-state index in [4.69, 9.17) is 9.47 Å². The molecule has 28 heavy (non-hydrogen) atoms. The summed E-state index contributed by atoms with van der Waals surface area (Å²) in [7, 11) is 1.33. The zero-order valence-electron chi connectivity index (χ0n) is 16.8. The van der Waals surface area contributed by atoms with Gasteiger partial charge in [-0.25, -0.2) is 4.79 Å². The quantitative estimate of drug-likeness (QED) is 0.636. The van der Waals surface area contributed by atoms with Gasteiger partial charge in [-0.15, -0.1) is 0 Å². The Morgan fingerprint density at radius 2 is 1.79 bits per heavy atom. The lowest BCUT2D eigenvalue weighted by Gasteiger charge is -2.39. The van der Waals surface area contributed by atoms with Crippen molar-refractivity contribution >= 4 is 17.7 Å². The predicted octanol–water partition coefficient (Wildman–Crippen LogP) is 3.39. The lowest BCUT2D eigenvalue weighted by molar-refractivity contribution is -0.136. The molecule has 0 amide bonds. The van der Waals surface area contributed by atoms with Crippen molar-refractivity contribution in [2.24, 2.45) is 5.41 Å². The molecule has 1 atom stereocenters. The van der Waals surface area contributed by atoms with Crippen molar-refractivity contribution in [2.75, 3.05) is 7.11 Å². The maximum absolute atomic E-state index is 13.1. The van der Waals surface area contributed by atoms with Crippen LogP contribution in [0.25, 0.3) is 0 Å². The molecule has 6 heteroatoms. The Kier molecular flexibility index (Phi) is 5.15. The van der Waals surface area contributed by atoms with Gasteiger partial charge in [-0.05, 0) is 36.5 Å². The first-order valence-electron chi connectivity index (χ1n) is 9.23. The summed E-state index contributed by atoms with van der Waals surface area (Å²) in [6, 6.07) is 6.89. The molecular formula is C22H25NO5. The highest BCUT2D eigenvalue weighted by Gasteiger charge is 2.42. The van der Waals surface area contributed by atoms with Crippen LogP contribution in [0.5, 0.6) is 5.75 Å². The van der Waals surface area contributed by atoms with E-state index in [0.717, 1.165) is 17.7 Å². The molecule has 0 fully saturated rings. The number of dihydropyridines is 1. The number of hydrogen-bond donors (Lipinski definition) is 1. The van der Waals surface area contributed by atoms with E-state index in [2.05, 4.69) is 19.2 Å². The highest BCUT2D eigenvalue weighted by atomic mass is 16.5. The van der Waals surface area contributed by atoms with Crippen LogP contribution < -0.4 is 10.1 Å². The molecule has 1 unspecified atom stereocenters. The first-order valence-corrected chi connectivity index (χ1v) is 9.23. The molecule has 1 aromatic carbocycles. The predicted molar refractivity (Wildman–Crippen MR) is 103 cm³/mol. The minimum atomic E-state index is -0.515. The lowest BCUT2D eigenvalue weighted by Crippen LogP contribution is -2.38. The fraction of sp³-hybridized carbons (Fsp3) is 0.409. The maximum Gasteiger partial charge on any atom is 0.336 e. The summed E-state index contributed by atoms with van der Waals surface area (Å²) in [6.07, 6.45) is 1.14. The summed E-state index contributed by atoms with van der Waals surface area (Å²) in [5, 5.41) is 3.28. The van der Waals surface area contributed by atoms with Gasteiger partial charge in [0, 0.05) is 36.2 Å². The second-order valence-electron chi connectivity index (χ2n) is 8.08. The number of allylic oxidation sites excluding steroid dienone is 3. The number of nitrogens with one attached hydrogen (secondary N) is 1. The number of esters is 2. The number of ether oxygens (including phenoxy) is 2. The molecule has 0 spiro atoms. The fourth-order valence-corrected chi connectivity index (χ4v) is 4.04. The molecule has 0 aromatic heterocycles. The fourth-order valence-electron chi connectivity index (χ4n) is 4.04. The van der Waals surface area contributed by atoms with Crippen LogP contribution in [0.15, 0.2) is 46.8 Å². The molecule has 1 aromatic rings. The molecule has 1 aliphatic heterocycles. The SMILES string of the molecule is COC(=O)C1=C(C)NC2=C(C(=O)CC(C)(C)C2)C1c1ccc(OC(C)=O)cc1. The van der Waals surface area contributed by atoms with Gasteiger partial charge in [0.05, 0.1) is 12.7 Å². The normalized spacial score (nSPS) is 21.0. The molecule has 148 valence electrons. The number of benzene rings is 1. The number of carbonyl (C=O) groups is 3. The van der Waals surface area contributed by atoms with Gasteiger partial charge in [-0.2, -0.15) is 0 Å². The minimum absolute atomic E-state index is 0.0294. The van der Waals surface area contributed by atoms with Crippen molar-refractivity contribution in [1.29, 1.82) is 0 Å². The van der Waals surface area contributed by atoms with Gasteiger partial charge in [-0.3, -0.25) is 9.59 Å². The molecule has 6 nitrogen and oxygen atoms in total. The van der Waals surface area contributed by atoms with Crippen LogP contribution in [-0.4, -0.2) is 24.8 Å². The van der Waals surface area contributed by atoms with E-state index in [1.807, 2.05) is 6.92 Å². The van der Waals surface area contributed by atoms with Crippen molar-refractivity contribution < 1.29 is 23.9 Å². The van der Waals surface area contributed by atoms with Crippen LogP contribution >= 0.6 is 0 Å². The van der Waals surface area contributed by atoms with Crippen LogP contribution in [0.1, 0.15) is 52.0 Å². The molecule has 0 saturated carbocycles. The van der Waals surface area contributed by atoms with E-state index in [-0.39, 0.29) is 11.2 Å². The Balaban J connectivity index is 2.12. The van der Waals surface area contributed by atoms with Crippen LogP contribution in [0.3, 0.4) is 0 Å². The monoisotopic (exact) mass is 383 g/mol. The standard InChI is InChI=1S/C22H25NO5/c1-12-18(21(26)27-5)19(14-6-8-15(9-7-14)28-13(2)24)20-16(23-12)10-22(3,4)11-17(20)25/h6-9,19,23H,10-11H2,1-5H3. The Morgan fingerprint density at radius 1 is 1.14 bits per heavy atom. The third-order valence-electron chi connectivity index (χ3n) is 5.12. The third kappa shape index (κ3) is 3.72. The molecule has 1 heterocycles. The average Bonchev–Trinajstić information content (AvgIpc) is 2.59. The van der Waals surface area contributed by atoms with E-state index >= 15 is 0 Å². The van der Waals surface area contributed by atoms with Crippen LogP contribution in [0, 0.1) is 5.41 Å². The Labute approximate surface area is 164 Å². The average molecular weight is 383 g/mol. The maximum atomic E-state index is 13.1. The summed E-state index contributed by atoms with van der Waals surface area (Å²) in [5.74, 6) is -0.949. The number of ketones is 1. The van der Waals surface area contributed by atoms with Gasteiger partial charge >= 0.3 is 11.9 Å². The summed E-state index contributed by atoms with van der Waals surface area (Å²) in [4.78, 5) is 36.8. The summed E-state index contributed by atoms with van der Waals surface area (Å²) < 4.78 is 10.1. The van der Waals surface area contributed by atoms with Gasteiger partial charge in [0.15, 0.2) is 5.78 Å². The first kappa shape index (κ1) is 19.9. The number of carbonyl (C=O) groups excluding carboxylic acids is 3. The van der Waals surface area contributed by atoms with Gasteiger partial charge in [-0.1, -0.05) is 26.0 Å². The van der Waals surface area contributed by atoms with E-state index in [0.29, 0.717) is 29.0 Å². The molecule has 0 saturated heterocycles. The minimum Gasteiger partial charge on any atom is -0.466 e. The molecule has 0 radical (unpaired) electrons. The van der Waals surface area contributed by atoms with E-state index in [1.165, 1.54) is 14.0 Å². The Morgan fingerprint density at radius 3 is 2.36 bits per heavy atom. The van der Waals surface area contributed by atoms with Crippen LogP contribution in [0.4, 0.5) is 0 Å². The van der Waals surface area contributed by atoms with Gasteiger partial charge in [0.1, 0.15) is 5.75 Å². The second kappa shape index (κ2) is 7.26. The molecule has 2 aliphatic rings. The van der Waals surface area contributed by atoms with Crippen molar-refractivity contribution in [3.63, 3.8) is 0 Å². The van der Waals surface area contributed by atoms with E-state index in [9.17, 15) is 14.4 Å². The molecule has 0 bridgehead atoms. The number of hydrogen-bond acceptors (Lipinski definition) is 6. The Bertz CT molecular complexity index is 905. The lowest BCUT2D eigenvalue weighted by atomic mass is 9.68. The van der Waals surface area contributed by atoms with E-state index in [1.54, 1.807) is 24.3 Å². The second-order valence-corrected chi connectivity index (χ2v) is 8.08. The number of rotatable bonds is 3. The van der Waals surface area contributed by atoms with E-state index < -0.39 is 17.9 Å². The van der Waals surface area contributed by atoms with Crippen LogP contribution in [0.2, 0.25) is 0 Å².